The van der Waals surface area contributed by atoms with E-state index in [4.69, 9.17) is 11.6 Å². The molecule has 25 heavy (non-hydrogen) atoms. The molecule has 0 saturated heterocycles. The number of anilines is 1. The van der Waals surface area contributed by atoms with E-state index < -0.39 is 0 Å². The standard InChI is InChI=1S/C19H20ClN3OS/c1-4-12-23-17-15(20)6-5-7-16(17)25-19(23)21-18(24)13-8-10-14(11-9-13)22(2)3/h5-11H,4,12H2,1-3H3. The second-order valence-corrected chi connectivity index (χ2v) is 7.40. The Bertz CT molecular complexity index is 970. The van der Waals surface area contributed by atoms with Crippen molar-refractivity contribution in [3.8, 4) is 0 Å². The first-order valence-electron chi connectivity index (χ1n) is 8.15. The van der Waals surface area contributed by atoms with Gasteiger partial charge in [-0.25, -0.2) is 0 Å². The molecular weight excluding hydrogens is 354 g/mol. The lowest BCUT2D eigenvalue weighted by Gasteiger charge is -2.11. The first kappa shape index (κ1) is 17.7. The molecule has 0 spiro atoms. The van der Waals surface area contributed by atoms with Gasteiger partial charge in [-0.3, -0.25) is 4.79 Å². The van der Waals surface area contributed by atoms with Crippen molar-refractivity contribution >= 4 is 44.7 Å². The molecule has 1 amide bonds. The van der Waals surface area contributed by atoms with E-state index in [1.165, 1.54) is 11.3 Å². The topological polar surface area (TPSA) is 37.6 Å². The molecule has 0 aliphatic rings. The number of hydrogen-bond acceptors (Lipinski definition) is 3. The number of para-hydroxylation sites is 1. The summed E-state index contributed by atoms with van der Waals surface area (Å²) in [5, 5.41) is 0.687. The van der Waals surface area contributed by atoms with Crippen molar-refractivity contribution in [1.29, 1.82) is 0 Å². The number of thiazole rings is 1. The summed E-state index contributed by atoms with van der Waals surface area (Å²) < 4.78 is 3.07. The molecular formula is C19H20ClN3OS. The normalized spacial score (nSPS) is 11.9. The van der Waals surface area contributed by atoms with Crippen LogP contribution in [-0.4, -0.2) is 24.6 Å². The first-order valence-corrected chi connectivity index (χ1v) is 9.35. The number of rotatable bonds is 4. The highest BCUT2D eigenvalue weighted by atomic mass is 35.5. The maximum atomic E-state index is 12.6. The van der Waals surface area contributed by atoms with Gasteiger partial charge in [0.2, 0.25) is 0 Å². The Morgan fingerprint density at radius 3 is 2.56 bits per heavy atom. The van der Waals surface area contributed by atoms with Crippen LogP contribution in [0.1, 0.15) is 23.7 Å². The molecule has 0 radical (unpaired) electrons. The summed E-state index contributed by atoms with van der Waals surface area (Å²) in [7, 11) is 3.94. The first-order chi connectivity index (χ1) is 12.0. The monoisotopic (exact) mass is 373 g/mol. The van der Waals surface area contributed by atoms with Crippen molar-refractivity contribution in [3.63, 3.8) is 0 Å². The molecule has 0 aliphatic heterocycles. The lowest BCUT2D eigenvalue weighted by atomic mass is 10.2. The van der Waals surface area contributed by atoms with Crippen LogP contribution in [0.4, 0.5) is 5.69 Å². The van der Waals surface area contributed by atoms with Crippen molar-refractivity contribution in [2.45, 2.75) is 19.9 Å². The summed E-state index contributed by atoms with van der Waals surface area (Å²) in [6.07, 6.45) is 0.940. The lowest BCUT2D eigenvalue weighted by Crippen LogP contribution is -2.17. The Hall–Kier alpha value is -2.11. The number of carbonyl (C=O) groups is 1. The maximum absolute atomic E-state index is 12.6. The van der Waals surface area contributed by atoms with Gasteiger partial charge in [0.25, 0.3) is 5.91 Å². The highest BCUT2D eigenvalue weighted by Crippen LogP contribution is 2.25. The molecule has 4 nitrogen and oxygen atoms in total. The van der Waals surface area contributed by atoms with Crippen LogP contribution < -0.4 is 9.70 Å². The van der Waals surface area contributed by atoms with E-state index in [0.717, 1.165) is 28.9 Å². The highest BCUT2D eigenvalue weighted by Gasteiger charge is 2.11. The van der Waals surface area contributed by atoms with E-state index in [9.17, 15) is 4.79 Å². The molecule has 130 valence electrons. The average molecular weight is 374 g/mol. The van der Waals surface area contributed by atoms with E-state index in [0.29, 0.717) is 15.4 Å². The summed E-state index contributed by atoms with van der Waals surface area (Å²) in [5.74, 6) is -0.238. The van der Waals surface area contributed by atoms with Crippen LogP contribution in [-0.2, 0) is 6.54 Å². The fourth-order valence-corrected chi connectivity index (χ4v) is 4.07. The second-order valence-electron chi connectivity index (χ2n) is 5.98. The summed E-state index contributed by atoms with van der Waals surface area (Å²) in [6, 6.07) is 13.3. The van der Waals surface area contributed by atoms with Gasteiger partial charge in [0.15, 0.2) is 4.80 Å². The molecule has 0 bridgehead atoms. The van der Waals surface area contributed by atoms with E-state index >= 15 is 0 Å². The number of fused-ring (bicyclic) bond motifs is 1. The minimum atomic E-state index is -0.238. The van der Waals surface area contributed by atoms with E-state index in [1.807, 2.05) is 66.0 Å². The van der Waals surface area contributed by atoms with Crippen LogP contribution in [0.15, 0.2) is 47.5 Å². The molecule has 1 aromatic heterocycles. The number of aromatic nitrogens is 1. The number of benzene rings is 2. The third kappa shape index (κ3) is 3.62. The molecule has 6 heteroatoms. The quantitative estimate of drug-likeness (QED) is 0.671. The molecule has 0 N–H and O–H groups in total. The molecule has 3 rings (SSSR count). The fraction of sp³-hybridized carbons (Fsp3) is 0.263. The highest BCUT2D eigenvalue weighted by molar-refractivity contribution is 7.16. The van der Waals surface area contributed by atoms with Gasteiger partial charge >= 0.3 is 0 Å². The summed E-state index contributed by atoms with van der Waals surface area (Å²) in [6.45, 7) is 2.87. The predicted molar refractivity (Wildman–Crippen MR) is 106 cm³/mol. The lowest BCUT2D eigenvalue weighted by molar-refractivity contribution is 0.0998. The van der Waals surface area contributed by atoms with Gasteiger partial charge in [-0.2, -0.15) is 4.99 Å². The number of halogens is 1. The SMILES string of the molecule is CCCn1c(=NC(=O)c2ccc(N(C)C)cc2)sc2cccc(Cl)c21. The zero-order chi connectivity index (χ0) is 18.0. The van der Waals surface area contributed by atoms with Crippen molar-refractivity contribution < 1.29 is 4.79 Å². The van der Waals surface area contributed by atoms with Gasteiger partial charge in [-0.15, -0.1) is 0 Å². The van der Waals surface area contributed by atoms with Gasteiger partial charge in [0.1, 0.15) is 0 Å². The molecule has 0 aliphatic carbocycles. The number of nitrogens with zero attached hydrogens (tertiary/aromatic N) is 3. The van der Waals surface area contributed by atoms with Gasteiger partial charge in [-0.1, -0.05) is 35.9 Å². The van der Waals surface area contributed by atoms with Crippen LogP contribution in [0.25, 0.3) is 10.2 Å². The fourth-order valence-electron chi connectivity index (χ4n) is 2.66. The molecule has 0 saturated carbocycles. The van der Waals surface area contributed by atoms with Crippen molar-refractivity contribution in [1.82, 2.24) is 4.57 Å². The van der Waals surface area contributed by atoms with Gasteiger partial charge in [-0.05, 0) is 42.8 Å². The van der Waals surface area contributed by atoms with Crippen LogP contribution >= 0.6 is 22.9 Å². The zero-order valence-electron chi connectivity index (χ0n) is 14.5. The number of carbonyl (C=O) groups excluding carboxylic acids is 1. The number of hydrogen-bond donors (Lipinski definition) is 0. The maximum Gasteiger partial charge on any atom is 0.279 e. The molecule has 2 aromatic carbocycles. The molecule has 0 atom stereocenters. The Morgan fingerprint density at radius 1 is 1.20 bits per heavy atom. The van der Waals surface area contributed by atoms with E-state index in [2.05, 4.69) is 11.9 Å². The molecule has 0 unspecified atom stereocenters. The van der Waals surface area contributed by atoms with Crippen LogP contribution in [0.2, 0.25) is 5.02 Å². The summed E-state index contributed by atoms with van der Waals surface area (Å²) in [4.78, 5) is 19.6. The molecule has 1 heterocycles. The van der Waals surface area contributed by atoms with Crippen molar-refractivity contribution in [2.75, 3.05) is 19.0 Å². The third-order valence-corrected chi connectivity index (χ3v) is 5.28. The van der Waals surface area contributed by atoms with Gasteiger partial charge in [0.05, 0.1) is 15.2 Å². The average Bonchev–Trinajstić information content (AvgIpc) is 2.94. The van der Waals surface area contributed by atoms with Crippen LogP contribution in [0.5, 0.6) is 0 Å². The third-order valence-electron chi connectivity index (χ3n) is 3.93. The van der Waals surface area contributed by atoms with Crippen LogP contribution in [0.3, 0.4) is 0 Å². The predicted octanol–water partition coefficient (Wildman–Crippen LogP) is 4.57. The Labute approximate surface area is 156 Å². The Morgan fingerprint density at radius 2 is 1.92 bits per heavy atom. The van der Waals surface area contributed by atoms with E-state index in [-0.39, 0.29) is 5.91 Å². The summed E-state index contributed by atoms with van der Waals surface area (Å²) in [5.41, 5.74) is 2.58. The Balaban J connectivity index is 2.06. The number of aryl methyl sites for hydroxylation is 1. The largest absolute Gasteiger partial charge is 0.378 e. The minimum Gasteiger partial charge on any atom is -0.378 e. The van der Waals surface area contributed by atoms with Gasteiger partial charge < -0.3 is 9.47 Å². The Kier molecular flexibility index (Phi) is 5.25. The van der Waals surface area contributed by atoms with Crippen molar-refractivity contribution in [3.05, 3.63) is 57.9 Å². The van der Waals surface area contributed by atoms with E-state index in [1.54, 1.807) is 0 Å². The number of amides is 1. The smallest absolute Gasteiger partial charge is 0.279 e. The second kappa shape index (κ2) is 7.42. The summed E-state index contributed by atoms with van der Waals surface area (Å²) >= 11 is 7.86. The zero-order valence-corrected chi connectivity index (χ0v) is 16.1. The molecule has 3 aromatic rings. The molecule has 0 fully saturated rings. The van der Waals surface area contributed by atoms with Crippen molar-refractivity contribution in [2.24, 2.45) is 4.99 Å². The van der Waals surface area contributed by atoms with Crippen LogP contribution in [0, 0.1) is 0 Å². The van der Waals surface area contributed by atoms with Gasteiger partial charge in [0, 0.05) is 31.9 Å². The minimum absolute atomic E-state index is 0.238.